The monoisotopic (exact) mass is 305 g/mol. The molecule has 0 bridgehead atoms. The van der Waals surface area contributed by atoms with Gasteiger partial charge in [0, 0.05) is 31.1 Å². The molecule has 0 saturated heterocycles. The molecule has 2 amide bonds. The number of nitrogens with one attached hydrogen (secondary N) is 2. The lowest BCUT2D eigenvalue weighted by atomic mass is 10.1. The van der Waals surface area contributed by atoms with Crippen molar-refractivity contribution < 1.29 is 9.59 Å². The van der Waals surface area contributed by atoms with E-state index in [0.29, 0.717) is 0 Å². The van der Waals surface area contributed by atoms with Gasteiger partial charge in [0.15, 0.2) is 0 Å². The van der Waals surface area contributed by atoms with Crippen LogP contribution in [0.3, 0.4) is 0 Å². The standard InChI is InChI=1S/C17H27N3O2/c1-5-14-7-6-8-15(11-14)19-17(22)10-9-16(21)18-13(2)12-20(3)4/h6-8,11,13H,5,9-10,12H2,1-4H3,(H,18,21)(H,19,22)/t13-/m1/s1. The van der Waals surface area contributed by atoms with Crippen LogP contribution >= 0.6 is 0 Å². The summed E-state index contributed by atoms with van der Waals surface area (Å²) in [4.78, 5) is 25.7. The van der Waals surface area contributed by atoms with Crippen LogP contribution in [0.4, 0.5) is 5.69 Å². The molecule has 2 N–H and O–H groups in total. The fraction of sp³-hybridized carbons (Fsp3) is 0.529. The Labute approximate surface area is 133 Å². The van der Waals surface area contributed by atoms with Crippen LogP contribution in [-0.2, 0) is 16.0 Å². The Morgan fingerprint density at radius 1 is 1.18 bits per heavy atom. The second-order valence-corrected chi connectivity index (χ2v) is 5.83. The molecular formula is C17H27N3O2. The molecule has 0 aromatic heterocycles. The molecule has 0 radical (unpaired) electrons. The molecule has 1 atom stereocenters. The van der Waals surface area contributed by atoms with Crippen LogP contribution in [0, 0.1) is 0 Å². The van der Waals surface area contributed by atoms with Gasteiger partial charge in [0.1, 0.15) is 0 Å². The smallest absolute Gasteiger partial charge is 0.224 e. The summed E-state index contributed by atoms with van der Waals surface area (Å²) in [5.41, 5.74) is 1.96. The minimum Gasteiger partial charge on any atom is -0.352 e. The number of anilines is 1. The van der Waals surface area contributed by atoms with Gasteiger partial charge in [-0.3, -0.25) is 9.59 Å². The number of carbonyl (C=O) groups excluding carboxylic acids is 2. The van der Waals surface area contributed by atoms with Gasteiger partial charge in [-0.05, 0) is 45.1 Å². The normalized spacial score (nSPS) is 12.0. The van der Waals surface area contributed by atoms with E-state index in [1.807, 2.05) is 50.2 Å². The van der Waals surface area contributed by atoms with Crippen molar-refractivity contribution in [2.75, 3.05) is 26.0 Å². The molecule has 1 aromatic carbocycles. The van der Waals surface area contributed by atoms with E-state index in [-0.39, 0.29) is 30.7 Å². The Morgan fingerprint density at radius 3 is 2.50 bits per heavy atom. The highest BCUT2D eigenvalue weighted by molar-refractivity contribution is 5.93. The Kier molecular flexibility index (Phi) is 7.60. The lowest BCUT2D eigenvalue weighted by Gasteiger charge is -2.18. The van der Waals surface area contributed by atoms with Crippen LogP contribution in [0.1, 0.15) is 32.3 Å². The van der Waals surface area contributed by atoms with Crippen molar-refractivity contribution in [3.63, 3.8) is 0 Å². The van der Waals surface area contributed by atoms with E-state index < -0.39 is 0 Å². The van der Waals surface area contributed by atoms with Crippen molar-refractivity contribution in [2.24, 2.45) is 0 Å². The molecule has 0 fully saturated rings. The number of carbonyl (C=O) groups is 2. The number of hydrogen-bond donors (Lipinski definition) is 2. The van der Waals surface area contributed by atoms with E-state index >= 15 is 0 Å². The first kappa shape index (κ1) is 18.2. The van der Waals surface area contributed by atoms with E-state index in [1.54, 1.807) is 0 Å². The number of nitrogens with zero attached hydrogens (tertiary/aromatic N) is 1. The molecule has 0 aliphatic carbocycles. The van der Waals surface area contributed by atoms with Crippen molar-refractivity contribution in [3.05, 3.63) is 29.8 Å². The molecule has 0 spiro atoms. The van der Waals surface area contributed by atoms with Gasteiger partial charge in [0.25, 0.3) is 0 Å². The van der Waals surface area contributed by atoms with Crippen LogP contribution in [0.25, 0.3) is 0 Å². The van der Waals surface area contributed by atoms with Crippen molar-refractivity contribution in [1.29, 1.82) is 0 Å². The van der Waals surface area contributed by atoms with Crippen LogP contribution in [0.15, 0.2) is 24.3 Å². The van der Waals surface area contributed by atoms with E-state index in [4.69, 9.17) is 0 Å². The summed E-state index contributed by atoms with van der Waals surface area (Å²) in [6.45, 7) is 4.80. The van der Waals surface area contributed by atoms with Gasteiger partial charge in [-0.2, -0.15) is 0 Å². The Balaban J connectivity index is 2.34. The zero-order valence-electron chi connectivity index (χ0n) is 14.0. The molecule has 1 rings (SSSR count). The number of rotatable bonds is 8. The Hall–Kier alpha value is -1.88. The summed E-state index contributed by atoms with van der Waals surface area (Å²) in [5.74, 6) is -0.226. The summed E-state index contributed by atoms with van der Waals surface area (Å²) < 4.78 is 0. The van der Waals surface area contributed by atoms with Gasteiger partial charge in [-0.25, -0.2) is 0 Å². The van der Waals surface area contributed by atoms with Gasteiger partial charge in [-0.1, -0.05) is 19.1 Å². The average Bonchev–Trinajstić information content (AvgIpc) is 2.44. The van der Waals surface area contributed by atoms with Gasteiger partial charge in [-0.15, -0.1) is 0 Å². The molecule has 0 aliphatic rings. The maximum absolute atomic E-state index is 11.9. The summed E-state index contributed by atoms with van der Waals surface area (Å²) >= 11 is 0. The lowest BCUT2D eigenvalue weighted by molar-refractivity contribution is -0.124. The van der Waals surface area contributed by atoms with Gasteiger partial charge >= 0.3 is 0 Å². The maximum atomic E-state index is 11.9. The summed E-state index contributed by atoms with van der Waals surface area (Å²) in [6.07, 6.45) is 1.32. The average molecular weight is 305 g/mol. The molecule has 122 valence electrons. The summed E-state index contributed by atoms with van der Waals surface area (Å²) in [7, 11) is 3.92. The third-order valence-corrected chi connectivity index (χ3v) is 3.24. The van der Waals surface area contributed by atoms with E-state index in [2.05, 4.69) is 17.6 Å². The molecule has 0 heterocycles. The van der Waals surface area contributed by atoms with E-state index in [1.165, 1.54) is 5.56 Å². The Bertz CT molecular complexity index is 500. The number of hydrogen-bond acceptors (Lipinski definition) is 3. The zero-order valence-corrected chi connectivity index (χ0v) is 14.0. The first-order chi connectivity index (χ1) is 10.4. The highest BCUT2D eigenvalue weighted by atomic mass is 16.2. The van der Waals surface area contributed by atoms with Crippen LogP contribution in [-0.4, -0.2) is 43.4 Å². The minimum atomic E-state index is -0.135. The second kappa shape index (κ2) is 9.20. The van der Waals surface area contributed by atoms with Crippen molar-refractivity contribution in [1.82, 2.24) is 10.2 Å². The van der Waals surface area contributed by atoms with Crippen molar-refractivity contribution in [2.45, 2.75) is 39.2 Å². The van der Waals surface area contributed by atoms with Crippen molar-refractivity contribution in [3.8, 4) is 0 Å². The molecule has 1 aromatic rings. The van der Waals surface area contributed by atoms with Crippen molar-refractivity contribution >= 4 is 17.5 Å². The van der Waals surface area contributed by atoms with Gasteiger partial charge < -0.3 is 15.5 Å². The Morgan fingerprint density at radius 2 is 1.86 bits per heavy atom. The predicted molar refractivity (Wildman–Crippen MR) is 89.8 cm³/mol. The maximum Gasteiger partial charge on any atom is 0.224 e. The molecule has 5 nitrogen and oxygen atoms in total. The summed E-state index contributed by atoms with van der Waals surface area (Å²) in [5, 5.41) is 5.72. The molecule has 0 aliphatic heterocycles. The fourth-order valence-electron chi connectivity index (χ4n) is 2.26. The molecule has 0 saturated carbocycles. The molecule has 5 heteroatoms. The third kappa shape index (κ3) is 7.22. The number of likely N-dealkylation sites (N-methyl/N-ethyl adjacent to an activating group) is 1. The largest absolute Gasteiger partial charge is 0.352 e. The topological polar surface area (TPSA) is 61.4 Å². The number of amides is 2. The predicted octanol–water partition coefficient (Wildman–Crippen LogP) is 2.03. The fourth-order valence-corrected chi connectivity index (χ4v) is 2.26. The van der Waals surface area contributed by atoms with Gasteiger partial charge in [0.05, 0.1) is 0 Å². The quantitative estimate of drug-likeness (QED) is 0.772. The van der Waals surface area contributed by atoms with E-state index in [0.717, 1.165) is 18.7 Å². The first-order valence-corrected chi connectivity index (χ1v) is 7.73. The highest BCUT2D eigenvalue weighted by Gasteiger charge is 2.10. The number of benzene rings is 1. The zero-order chi connectivity index (χ0) is 16.5. The molecule has 22 heavy (non-hydrogen) atoms. The molecule has 0 unspecified atom stereocenters. The van der Waals surface area contributed by atoms with Gasteiger partial charge in [0.2, 0.25) is 11.8 Å². The van der Waals surface area contributed by atoms with Crippen LogP contribution in [0.5, 0.6) is 0 Å². The number of aryl methyl sites for hydroxylation is 1. The first-order valence-electron chi connectivity index (χ1n) is 7.73. The molecular weight excluding hydrogens is 278 g/mol. The van der Waals surface area contributed by atoms with Crippen LogP contribution in [0.2, 0.25) is 0 Å². The highest BCUT2D eigenvalue weighted by Crippen LogP contribution is 2.11. The third-order valence-electron chi connectivity index (χ3n) is 3.24. The second-order valence-electron chi connectivity index (χ2n) is 5.83. The van der Waals surface area contributed by atoms with Crippen LogP contribution < -0.4 is 10.6 Å². The lowest BCUT2D eigenvalue weighted by Crippen LogP contribution is -2.39. The SMILES string of the molecule is CCc1cccc(NC(=O)CCC(=O)N[C@H](C)CN(C)C)c1. The summed E-state index contributed by atoms with van der Waals surface area (Å²) in [6, 6.07) is 7.83. The minimum absolute atomic E-state index is 0.0757. The van der Waals surface area contributed by atoms with E-state index in [9.17, 15) is 9.59 Å².